The standard InChI is InChI=1S/C11H7N3O4/c15-5-1-2-7-6(3-5)10(16)14-9(12-7)4-8(13-14)11(17)18/h1-4,13,15H,(H,17,18). The number of carboxylic acids is 1. The average molecular weight is 245 g/mol. The molecule has 0 radical (unpaired) electrons. The number of carbonyl (C=O) groups is 1. The number of carboxylic acid groups (broad SMARTS) is 1. The van der Waals surface area contributed by atoms with Crippen LogP contribution in [-0.4, -0.2) is 30.8 Å². The lowest BCUT2D eigenvalue weighted by atomic mass is 10.2. The van der Waals surface area contributed by atoms with Crippen molar-refractivity contribution in [3.05, 3.63) is 40.3 Å². The zero-order valence-electron chi connectivity index (χ0n) is 8.91. The maximum absolute atomic E-state index is 12.1. The maximum Gasteiger partial charge on any atom is 0.353 e. The molecule has 7 heteroatoms. The van der Waals surface area contributed by atoms with Crippen molar-refractivity contribution in [3.63, 3.8) is 0 Å². The van der Waals surface area contributed by atoms with Crippen LogP contribution < -0.4 is 5.56 Å². The number of aromatic nitrogens is 3. The number of aromatic amines is 1. The van der Waals surface area contributed by atoms with E-state index in [1.54, 1.807) is 0 Å². The number of hydrogen-bond donors (Lipinski definition) is 3. The maximum atomic E-state index is 12.1. The fourth-order valence-electron chi connectivity index (χ4n) is 1.79. The Morgan fingerprint density at radius 3 is 2.83 bits per heavy atom. The number of hydrogen-bond acceptors (Lipinski definition) is 4. The summed E-state index contributed by atoms with van der Waals surface area (Å²) in [5.41, 5.74) is 0.0295. The molecule has 0 saturated heterocycles. The number of rotatable bonds is 1. The van der Waals surface area contributed by atoms with Gasteiger partial charge in [-0.15, -0.1) is 0 Å². The molecule has 2 heterocycles. The molecule has 0 spiro atoms. The molecular formula is C11H7N3O4. The number of benzene rings is 1. The van der Waals surface area contributed by atoms with E-state index >= 15 is 0 Å². The van der Waals surface area contributed by atoms with Crippen molar-refractivity contribution in [2.75, 3.05) is 0 Å². The molecule has 0 amide bonds. The molecule has 3 rings (SSSR count). The number of phenols is 1. The molecule has 3 aromatic rings. The van der Waals surface area contributed by atoms with Gasteiger partial charge in [-0.1, -0.05) is 0 Å². The Bertz CT molecular complexity index is 846. The summed E-state index contributed by atoms with van der Waals surface area (Å²) in [7, 11) is 0. The first-order valence-corrected chi connectivity index (χ1v) is 5.04. The SMILES string of the molecule is O=C(O)c1cc2nc3ccc(O)cc3c(=O)n2[nH]1. The van der Waals surface area contributed by atoms with Gasteiger partial charge in [-0.05, 0) is 18.2 Å². The van der Waals surface area contributed by atoms with Crippen LogP contribution in [0.4, 0.5) is 0 Å². The Morgan fingerprint density at radius 1 is 1.33 bits per heavy atom. The van der Waals surface area contributed by atoms with Gasteiger partial charge in [-0.25, -0.2) is 14.3 Å². The van der Waals surface area contributed by atoms with Gasteiger partial charge in [0.1, 0.15) is 11.4 Å². The Kier molecular flexibility index (Phi) is 1.91. The Labute approximate surface area is 98.9 Å². The topological polar surface area (TPSA) is 108 Å². The van der Waals surface area contributed by atoms with Crippen molar-refractivity contribution in [3.8, 4) is 5.75 Å². The van der Waals surface area contributed by atoms with E-state index in [-0.39, 0.29) is 22.5 Å². The van der Waals surface area contributed by atoms with Crippen molar-refractivity contribution in [1.29, 1.82) is 0 Å². The first-order chi connectivity index (χ1) is 8.56. The largest absolute Gasteiger partial charge is 0.508 e. The van der Waals surface area contributed by atoms with Gasteiger partial charge >= 0.3 is 5.97 Å². The monoisotopic (exact) mass is 245 g/mol. The second-order valence-corrected chi connectivity index (χ2v) is 3.79. The van der Waals surface area contributed by atoms with Crippen LogP contribution in [0.2, 0.25) is 0 Å². The molecule has 2 aromatic heterocycles. The Morgan fingerprint density at radius 2 is 2.11 bits per heavy atom. The van der Waals surface area contributed by atoms with Gasteiger partial charge in [0.2, 0.25) is 0 Å². The van der Waals surface area contributed by atoms with Crippen LogP contribution in [0, 0.1) is 0 Å². The number of phenolic OH excluding ortho intramolecular Hbond substituents is 1. The number of nitrogens with one attached hydrogen (secondary N) is 1. The first-order valence-electron chi connectivity index (χ1n) is 5.04. The fourth-order valence-corrected chi connectivity index (χ4v) is 1.79. The molecule has 0 saturated carbocycles. The molecular weight excluding hydrogens is 238 g/mol. The minimum absolute atomic E-state index is 0.0497. The predicted octanol–water partition coefficient (Wildman–Crippen LogP) is 0.580. The molecule has 0 fully saturated rings. The van der Waals surface area contributed by atoms with E-state index < -0.39 is 11.5 Å². The van der Waals surface area contributed by atoms with E-state index in [2.05, 4.69) is 10.1 Å². The van der Waals surface area contributed by atoms with E-state index in [9.17, 15) is 14.7 Å². The number of nitrogens with zero attached hydrogens (tertiary/aromatic N) is 2. The third kappa shape index (κ3) is 1.34. The zero-order chi connectivity index (χ0) is 12.9. The van der Waals surface area contributed by atoms with Crippen LogP contribution in [-0.2, 0) is 0 Å². The number of aromatic hydroxyl groups is 1. The van der Waals surface area contributed by atoms with Gasteiger partial charge in [0.15, 0.2) is 5.65 Å². The second kappa shape index (κ2) is 3.33. The summed E-state index contributed by atoms with van der Waals surface area (Å²) in [6.45, 7) is 0. The Balaban J connectivity index is 2.49. The summed E-state index contributed by atoms with van der Waals surface area (Å²) in [4.78, 5) is 27.0. The van der Waals surface area contributed by atoms with Crippen LogP contribution in [0.1, 0.15) is 10.5 Å². The van der Waals surface area contributed by atoms with Crippen LogP contribution in [0.15, 0.2) is 29.1 Å². The lowest BCUT2D eigenvalue weighted by molar-refractivity contribution is 0.0690. The van der Waals surface area contributed by atoms with Crippen LogP contribution in [0.5, 0.6) is 5.75 Å². The van der Waals surface area contributed by atoms with Crippen molar-refractivity contribution in [2.24, 2.45) is 0 Å². The molecule has 7 nitrogen and oxygen atoms in total. The van der Waals surface area contributed by atoms with Crippen molar-refractivity contribution < 1.29 is 15.0 Å². The molecule has 0 unspecified atom stereocenters. The highest BCUT2D eigenvalue weighted by Crippen LogP contribution is 2.16. The number of aromatic carboxylic acids is 1. The second-order valence-electron chi connectivity index (χ2n) is 3.79. The van der Waals surface area contributed by atoms with Gasteiger partial charge < -0.3 is 10.2 Å². The predicted molar refractivity (Wildman–Crippen MR) is 61.9 cm³/mol. The molecule has 3 N–H and O–H groups in total. The van der Waals surface area contributed by atoms with Gasteiger partial charge in [-0.3, -0.25) is 9.89 Å². The summed E-state index contributed by atoms with van der Waals surface area (Å²) in [6.07, 6.45) is 0. The fraction of sp³-hybridized carbons (Fsp3) is 0. The van der Waals surface area contributed by atoms with Crippen molar-refractivity contribution in [2.45, 2.75) is 0 Å². The molecule has 0 bridgehead atoms. The van der Waals surface area contributed by atoms with E-state index in [0.717, 1.165) is 4.52 Å². The minimum Gasteiger partial charge on any atom is -0.508 e. The third-order valence-corrected chi connectivity index (χ3v) is 2.61. The first kappa shape index (κ1) is 10.3. The van der Waals surface area contributed by atoms with E-state index in [0.29, 0.717) is 5.52 Å². The van der Waals surface area contributed by atoms with Crippen molar-refractivity contribution >= 4 is 22.5 Å². The van der Waals surface area contributed by atoms with Gasteiger partial charge in [0, 0.05) is 6.07 Å². The zero-order valence-corrected chi connectivity index (χ0v) is 8.91. The Hall–Kier alpha value is -2.83. The highest BCUT2D eigenvalue weighted by Gasteiger charge is 2.12. The number of H-pyrrole nitrogens is 1. The molecule has 1 aromatic carbocycles. The highest BCUT2D eigenvalue weighted by atomic mass is 16.4. The quantitative estimate of drug-likeness (QED) is 0.581. The van der Waals surface area contributed by atoms with E-state index in [1.807, 2.05) is 0 Å². The number of fused-ring (bicyclic) bond motifs is 2. The molecule has 0 aliphatic carbocycles. The van der Waals surface area contributed by atoms with E-state index in [1.165, 1.54) is 24.3 Å². The molecule has 90 valence electrons. The van der Waals surface area contributed by atoms with Crippen LogP contribution >= 0.6 is 0 Å². The smallest absolute Gasteiger partial charge is 0.353 e. The van der Waals surface area contributed by atoms with E-state index in [4.69, 9.17) is 5.11 Å². The highest BCUT2D eigenvalue weighted by molar-refractivity contribution is 5.87. The summed E-state index contributed by atoms with van der Waals surface area (Å²) < 4.78 is 1.03. The van der Waals surface area contributed by atoms with Crippen molar-refractivity contribution in [1.82, 2.24) is 14.6 Å². The summed E-state index contributed by atoms with van der Waals surface area (Å²) >= 11 is 0. The molecule has 0 aliphatic heterocycles. The van der Waals surface area contributed by atoms with Gasteiger partial charge in [0.05, 0.1) is 10.9 Å². The molecule has 18 heavy (non-hydrogen) atoms. The minimum atomic E-state index is -1.17. The lowest BCUT2D eigenvalue weighted by Crippen LogP contribution is -2.15. The molecule has 0 aliphatic rings. The van der Waals surface area contributed by atoms with Gasteiger partial charge in [0.25, 0.3) is 5.56 Å². The summed E-state index contributed by atoms with van der Waals surface area (Å²) in [6, 6.07) is 5.48. The third-order valence-electron chi connectivity index (χ3n) is 2.61. The molecule has 0 atom stereocenters. The van der Waals surface area contributed by atoms with Crippen LogP contribution in [0.3, 0.4) is 0 Å². The average Bonchev–Trinajstić information content (AvgIpc) is 2.75. The normalized spacial score (nSPS) is 11.1. The van der Waals surface area contributed by atoms with Crippen LogP contribution in [0.25, 0.3) is 16.6 Å². The summed E-state index contributed by atoms with van der Waals surface area (Å²) in [5.74, 6) is -1.22. The lowest BCUT2D eigenvalue weighted by Gasteiger charge is -1.98. The van der Waals surface area contributed by atoms with Gasteiger partial charge in [-0.2, -0.15) is 0 Å². The summed E-state index contributed by atoms with van der Waals surface area (Å²) in [5, 5.41) is 20.8.